The molecule has 1 atom stereocenters. The maximum Gasteiger partial charge on any atom is 0.0540 e. The normalized spacial score (nSPS) is 12.3. The van der Waals surface area contributed by atoms with Crippen LogP contribution in [0.1, 0.15) is 24.0 Å². The average molecular weight is 650 g/mol. The lowest BCUT2D eigenvalue weighted by Crippen LogP contribution is -2.11. The van der Waals surface area contributed by atoms with Crippen molar-refractivity contribution in [3.05, 3.63) is 199 Å². The van der Waals surface area contributed by atoms with Gasteiger partial charge in [0.2, 0.25) is 0 Å². The molecule has 10 aromatic carbocycles. The van der Waals surface area contributed by atoms with Crippen molar-refractivity contribution in [2.45, 2.75) is 12.8 Å². The van der Waals surface area contributed by atoms with E-state index in [1.165, 1.54) is 76.1 Å². The van der Waals surface area contributed by atoms with E-state index in [4.69, 9.17) is 0 Å². The first-order valence-electron chi connectivity index (χ1n) is 17.8. The van der Waals surface area contributed by atoms with Crippen molar-refractivity contribution in [3.63, 3.8) is 0 Å². The van der Waals surface area contributed by atoms with Crippen LogP contribution in [0, 0.1) is 0 Å². The quantitative estimate of drug-likeness (QED) is 0.128. The molecule has 0 heterocycles. The molecule has 0 spiro atoms. The van der Waals surface area contributed by atoms with Crippen LogP contribution < -0.4 is 4.90 Å². The molecule has 10 rings (SSSR count). The molecule has 0 aliphatic carbocycles. The Kier molecular flexibility index (Phi) is 6.85. The summed E-state index contributed by atoms with van der Waals surface area (Å²) in [5.74, 6) is 0.212. The second-order valence-corrected chi connectivity index (χ2v) is 13.7. The van der Waals surface area contributed by atoms with Crippen molar-refractivity contribution in [1.29, 1.82) is 0 Å². The minimum atomic E-state index is 0.212. The maximum absolute atomic E-state index is 2.41. The molecule has 0 N–H and O–H groups in total. The molecule has 1 unspecified atom stereocenters. The highest BCUT2D eigenvalue weighted by Gasteiger charge is 2.20. The molecule has 0 aliphatic heterocycles. The standard InChI is InChI=1S/C50H35N/c1-33(41-30-31-47-45-22-9-17-37-16-8-21-44(49(37)45)46-24-11-23-43(41)50(46)47)34-26-28-39(29-27-34)51(48-25-10-15-36-14-5-6-20-42(36)48)40-19-7-18-38(32-40)35-12-3-2-4-13-35/h2-33H,1H3. The van der Waals surface area contributed by atoms with Gasteiger partial charge in [0.05, 0.1) is 5.69 Å². The third kappa shape index (κ3) is 4.77. The van der Waals surface area contributed by atoms with Crippen LogP contribution in [0.25, 0.3) is 65.0 Å². The lowest BCUT2D eigenvalue weighted by atomic mass is 9.84. The van der Waals surface area contributed by atoms with Crippen LogP contribution in [0.2, 0.25) is 0 Å². The zero-order chi connectivity index (χ0) is 33.9. The van der Waals surface area contributed by atoms with Crippen molar-refractivity contribution < 1.29 is 0 Å². The lowest BCUT2D eigenvalue weighted by molar-refractivity contribution is 0.933. The minimum Gasteiger partial charge on any atom is -0.310 e. The van der Waals surface area contributed by atoms with Crippen molar-refractivity contribution in [1.82, 2.24) is 0 Å². The Morgan fingerprint density at radius 2 is 0.941 bits per heavy atom. The highest BCUT2D eigenvalue weighted by molar-refractivity contribution is 6.33. The van der Waals surface area contributed by atoms with E-state index in [0.29, 0.717) is 0 Å². The molecule has 0 radical (unpaired) electrons. The monoisotopic (exact) mass is 649 g/mol. The Morgan fingerprint density at radius 1 is 0.373 bits per heavy atom. The summed E-state index contributed by atoms with van der Waals surface area (Å²) in [5.41, 5.74) is 8.50. The van der Waals surface area contributed by atoms with Gasteiger partial charge in [-0.15, -0.1) is 0 Å². The van der Waals surface area contributed by atoms with Gasteiger partial charge in [-0.05, 0) is 101 Å². The molecular weight excluding hydrogens is 615 g/mol. The molecule has 1 nitrogen and oxygen atoms in total. The first-order valence-corrected chi connectivity index (χ1v) is 17.8. The highest BCUT2D eigenvalue weighted by atomic mass is 15.1. The van der Waals surface area contributed by atoms with Gasteiger partial charge in [0, 0.05) is 22.7 Å². The summed E-state index contributed by atoms with van der Waals surface area (Å²) < 4.78 is 0. The van der Waals surface area contributed by atoms with E-state index in [0.717, 1.165) is 17.1 Å². The average Bonchev–Trinajstić information content (AvgIpc) is 3.20. The summed E-state index contributed by atoms with van der Waals surface area (Å²) in [4.78, 5) is 2.41. The molecule has 0 fully saturated rings. The Morgan fingerprint density at radius 3 is 1.75 bits per heavy atom. The van der Waals surface area contributed by atoms with Crippen molar-refractivity contribution in [2.24, 2.45) is 0 Å². The molecule has 0 saturated heterocycles. The SMILES string of the molecule is CC(c1ccc(N(c2cccc(-c3ccccc3)c2)c2cccc3ccccc23)cc1)c1ccc2c3cccc4cccc(c5cccc1c52)c43. The maximum atomic E-state index is 2.41. The van der Waals surface area contributed by atoms with Crippen LogP contribution in [-0.4, -0.2) is 0 Å². The predicted octanol–water partition coefficient (Wildman–Crippen LogP) is 14.2. The summed E-state index contributed by atoms with van der Waals surface area (Å²) in [6.45, 7) is 2.35. The molecule has 0 amide bonds. The van der Waals surface area contributed by atoms with Gasteiger partial charge in [-0.3, -0.25) is 0 Å². The highest BCUT2D eigenvalue weighted by Crippen LogP contribution is 2.44. The fourth-order valence-electron chi connectivity index (χ4n) is 8.42. The van der Waals surface area contributed by atoms with Gasteiger partial charge in [-0.1, -0.05) is 165 Å². The van der Waals surface area contributed by atoms with Crippen LogP contribution >= 0.6 is 0 Å². The molecule has 0 aliphatic rings. The van der Waals surface area contributed by atoms with Gasteiger partial charge >= 0.3 is 0 Å². The number of rotatable bonds is 6. The molecule has 0 saturated carbocycles. The van der Waals surface area contributed by atoms with Crippen LogP contribution in [0.3, 0.4) is 0 Å². The Bertz CT molecular complexity index is 2810. The van der Waals surface area contributed by atoms with Gasteiger partial charge in [0.15, 0.2) is 0 Å². The van der Waals surface area contributed by atoms with E-state index < -0.39 is 0 Å². The molecule has 240 valence electrons. The molecule has 0 bridgehead atoms. The summed E-state index contributed by atoms with van der Waals surface area (Å²) in [5, 5.41) is 13.2. The second-order valence-electron chi connectivity index (χ2n) is 13.7. The first-order chi connectivity index (χ1) is 25.2. The van der Waals surface area contributed by atoms with Crippen LogP contribution in [0.15, 0.2) is 188 Å². The third-order valence-corrected chi connectivity index (χ3v) is 10.9. The molecule has 51 heavy (non-hydrogen) atoms. The summed E-state index contributed by atoms with van der Waals surface area (Å²) in [7, 11) is 0. The summed E-state index contributed by atoms with van der Waals surface area (Å²) >= 11 is 0. The van der Waals surface area contributed by atoms with E-state index in [1.54, 1.807) is 0 Å². The number of benzene rings is 10. The predicted molar refractivity (Wildman–Crippen MR) is 219 cm³/mol. The van der Waals surface area contributed by atoms with Crippen LogP contribution in [0.5, 0.6) is 0 Å². The van der Waals surface area contributed by atoms with E-state index in [2.05, 4.69) is 200 Å². The molecule has 1 heteroatoms. The fourth-order valence-corrected chi connectivity index (χ4v) is 8.42. The second kappa shape index (κ2) is 11.9. The Balaban J connectivity index is 1.10. The van der Waals surface area contributed by atoms with Crippen molar-refractivity contribution in [2.75, 3.05) is 4.90 Å². The number of nitrogens with zero attached hydrogens (tertiary/aromatic N) is 1. The Hall–Kier alpha value is -6.44. The third-order valence-electron chi connectivity index (χ3n) is 10.9. The molecular formula is C50H35N. The number of anilines is 3. The topological polar surface area (TPSA) is 3.24 Å². The largest absolute Gasteiger partial charge is 0.310 e. The van der Waals surface area contributed by atoms with E-state index in [-0.39, 0.29) is 5.92 Å². The van der Waals surface area contributed by atoms with E-state index in [1.807, 2.05) is 0 Å². The van der Waals surface area contributed by atoms with Gasteiger partial charge in [-0.25, -0.2) is 0 Å². The minimum absolute atomic E-state index is 0.212. The van der Waals surface area contributed by atoms with Crippen LogP contribution in [-0.2, 0) is 0 Å². The zero-order valence-electron chi connectivity index (χ0n) is 28.4. The van der Waals surface area contributed by atoms with Crippen molar-refractivity contribution in [3.8, 4) is 11.1 Å². The number of fused-ring (bicyclic) bond motifs is 3. The number of hydrogen-bond donors (Lipinski definition) is 0. The first kappa shape index (κ1) is 29.5. The van der Waals surface area contributed by atoms with Gasteiger partial charge in [0.25, 0.3) is 0 Å². The summed E-state index contributed by atoms with van der Waals surface area (Å²) in [6.07, 6.45) is 0. The molecule has 0 aromatic heterocycles. The smallest absolute Gasteiger partial charge is 0.0540 e. The van der Waals surface area contributed by atoms with E-state index in [9.17, 15) is 0 Å². The lowest BCUT2D eigenvalue weighted by Gasteiger charge is -2.28. The number of hydrogen-bond acceptors (Lipinski definition) is 1. The van der Waals surface area contributed by atoms with Crippen molar-refractivity contribution >= 4 is 70.9 Å². The van der Waals surface area contributed by atoms with Gasteiger partial charge in [0.1, 0.15) is 0 Å². The fraction of sp³-hybridized carbons (Fsp3) is 0.0400. The molecule has 10 aromatic rings. The summed E-state index contributed by atoms with van der Waals surface area (Å²) in [6, 6.07) is 69.0. The zero-order valence-corrected chi connectivity index (χ0v) is 28.4. The Labute approximate surface area is 298 Å². The van der Waals surface area contributed by atoms with E-state index >= 15 is 0 Å². The van der Waals surface area contributed by atoms with Gasteiger partial charge in [-0.2, -0.15) is 0 Å². The van der Waals surface area contributed by atoms with Gasteiger partial charge < -0.3 is 4.90 Å². The van der Waals surface area contributed by atoms with Crippen LogP contribution in [0.4, 0.5) is 17.1 Å².